The second-order valence-corrected chi connectivity index (χ2v) is 6.03. The molecule has 0 spiro atoms. The number of allylic oxidation sites excluding steroid dienone is 2. The van der Waals surface area contributed by atoms with Crippen molar-refractivity contribution in [2.24, 2.45) is 0 Å². The van der Waals surface area contributed by atoms with E-state index in [-0.39, 0.29) is 5.54 Å². The van der Waals surface area contributed by atoms with Crippen molar-refractivity contribution >= 4 is 18.0 Å². The Kier molecular flexibility index (Phi) is 2.86. The fourth-order valence-corrected chi connectivity index (χ4v) is 3.64. The summed E-state index contributed by atoms with van der Waals surface area (Å²) in [5.74, 6) is 0.791. The van der Waals surface area contributed by atoms with Crippen LogP contribution in [0.5, 0.6) is 0 Å². The molecule has 2 aromatic rings. The number of carbonyl (C=O) groups excluding carboxylic acids is 1. The van der Waals surface area contributed by atoms with Gasteiger partial charge in [0.2, 0.25) is 0 Å². The average molecular weight is 274 g/mol. The molecule has 4 nitrogen and oxygen atoms in total. The van der Waals surface area contributed by atoms with Gasteiger partial charge in [-0.2, -0.15) is 0 Å². The Morgan fingerprint density at radius 1 is 1.58 bits per heavy atom. The Morgan fingerprint density at radius 2 is 2.42 bits per heavy atom. The second-order valence-electron chi connectivity index (χ2n) is 4.72. The van der Waals surface area contributed by atoms with Gasteiger partial charge in [-0.1, -0.05) is 24.8 Å². The molecule has 0 radical (unpaired) electrons. The van der Waals surface area contributed by atoms with Crippen LogP contribution in [-0.4, -0.2) is 21.1 Å². The molecule has 0 saturated carbocycles. The lowest BCUT2D eigenvalue weighted by molar-refractivity contribution is -0.104. The van der Waals surface area contributed by atoms with Crippen molar-refractivity contribution in [1.29, 1.82) is 0 Å². The molecular weight excluding hydrogens is 260 g/mol. The molecule has 0 aliphatic carbocycles. The fourth-order valence-electron chi connectivity index (χ4n) is 2.39. The van der Waals surface area contributed by atoms with Gasteiger partial charge >= 0.3 is 0 Å². The molecule has 0 saturated heterocycles. The number of fused-ring (bicyclic) bond motifs is 1. The molecule has 2 atom stereocenters. The van der Waals surface area contributed by atoms with Crippen LogP contribution in [0.2, 0.25) is 0 Å². The van der Waals surface area contributed by atoms with Crippen LogP contribution in [0, 0.1) is 0 Å². The van der Waals surface area contributed by atoms with Crippen LogP contribution in [0.3, 0.4) is 0 Å². The van der Waals surface area contributed by atoms with E-state index in [1.165, 1.54) is 0 Å². The van der Waals surface area contributed by atoms with Crippen molar-refractivity contribution in [2.75, 3.05) is 0 Å². The van der Waals surface area contributed by atoms with Crippen molar-refractivity contribution in [1.82, 2.24) is 9.55 Å². The number of thioether (sulfide) groups is 1. The maximum absolute atomic E-state index is 10.6. The van der Waals surface area contributed by atoms with Gasteiger partial charge in [0.05, 0.1) is 18.0 Å². The molecular formula is C14H14N2O2S. The highest BCUT2D eigenvalue weighted by atomic mass is 32.2. The maximum Gasteiger partial charge on any atom is 0.169 e. The van der Waals surface area contributed by atoms with E-state index < -0.39 is 0 Å². The minimum Gasteiger partial charge on any atom is -0.463 e. The number of rotatable bonds is 3. The summed E-state index contributed by atoms with van der Waals surface area (Å²) in [6.07, 6.45) is 7.77. The van der Waals surface area contributed by atoms with E-state index in [4.69, 9.17) is 4.42 Å². The summed E-state index contributed by atoms with van der Waals surface area (Å²) in [4.78, 5) is 15.1. The van der Waals surface area contributed by atoms with Crippen LogP contribution < -0.4 is 0 Å². The topological polar surface area (TPSA) is 48.0 Å². The number of furan rings is 1. The number of carbonyl (C=O) groups is 1. The van der Waals surface area contributed by atoms with Crippen LogP contribution in [0.4, 0.5) is 0 Å². The Hall–Kier alpha value is -1.75. The first kappa shape index (κ1) is 12.3. The molecule has 2 unspecified atom stereocenters. The van der Waals surface area contributed by atoms with Crippen molar-refractivity contribution in [3.05, 3.63) is 36.7 Å². The summed E-state index contributed by atoms with van der Waals surface area (Å²) < 4.78 is 7.61. The fraction of sp³-hybridized carbons (Fsp3) is 0.286. The molecule has 1 aliphatic heterocycles. The largest absolute Gasteiger partial charge is 0.463 e. The van der Waals surface area contributed by atoms with Gasteiger partial charge in [0.15, 0.2) is 10.9 Å². The standard InChI is InChI=1S/C14H14N2O2S/c1-10-14(2,6-4-7-17)16-11(9-15-13(16)19-10)12-5-3-8-18-12/h3-10H,1-2H3. The van der Waals surface area contributed by atoms with Crippen LogP contribution in [0.25, 0.3) is 11.5 Å². The quantitative estimate of drug-likeness (QED) is 0.637. The van der Waals surface area contributed by atoms with E-state index in [9.17, 15) is 4.79 Å². The molecule has 0 aromatic carbocycles. The van der Waals surface area contributed by atoms with E-state index in [1.54, 1.807) is 24.1 Å². The van der Waals surface area contributed by atoms with Gasteiger partial charge < -0.3 is 8.98 Å². The van der Waals surface area contributed by atoms with Crippen molar-refractivity contribution < 1.29 is 9.21 Å². The molecule has 3 rings (SSSR count). The lowest BCUT2D eigenvalue weighted by atomic mass is 9.97. The first-order valence-corrected chi connectivity index (χ1v) is 6.96. The van der Waals surface area contributed by atoms with E-state index in [2.05, 4.69) is 23.4 Å². The lowest BCUT2D eigenvalue weighted by Gasteiger charge is -2.28. The van der Waals surface area contributed by atoms with E-state index >= 15 is 0 Å². The third kappa shape index (κ3) is 1.76. The summed E-state index contributed by atoms with van der Waals surface area (Å²) in [7, 11) is 0. The highest BCUT2D eigenvalue weighted by Gasteiger charge is 2.42. The number of imidazole rings is 1. The smallest absolute Gasteiger partial charge is 0.169 e. The monoisotopic (exact) mass is 274 g/mol. The summed E-state index contributed by atoms with van der Waals surface area (Å²) in [6, 6.07) is 3.78. The zero-order valence-corrected chi connectivity index (χ0v) is 11.6. The molecule has 5 heteroatoms. The van der Waals surface area contributed by atoms with Crippen LogP contribution in [-0.2, 0) is 10.3 Å². The SMILES string of the molecule is CC1Sc2ncc(-c3ccco3)n2C1(C)C=CC=O. The summed E-state index contributed by atoms with van der Waals surface area (Å²) in [5.41, 5.74) is 0.661. The Labute approximate surface area is 115 Å². The molecule has 98 valence electrons. The van der Waals surface area contributed by atoms with Gasteiger partial charge in [-0.25, -0.2) is 4.98 Å². The summed E-state index contributed by atoms with van der Waals surface area (Å²) in [5, 5.41) is 1.26. The highest BCUT2D eigenvalue weighted by Crippen LogP contribution is 2.47. The van der Waals surface area contributed by atoms with Gasteiger partial charge in [-0.15, -0.1) is 0 Å². The second kappa shape index (κ2) is 4.42. The average Bonchev–Trinajstić information content (AvgIpc) is 3.07. The predicted molar refractivity (Wildman–Crippen MR) is 74.1 cm³/mol. The number of nitrogens with zero attached hydrogens (tertiary/aromatic N) is 2. The van der Waals surface area contributed by atoms with E-state index in [0.717, 1.165) is 22.9 Å². The molecule has 3 heterocycles. The third-order valence-electron chi connectivity index (χ3n) is 3.60. The molecule has 0 N–H and O–H groups in total. The van der Waals surface area contributed by atoms with Crippen LogP contribution in [0.15, 0.2) is 46.3 Å². The van der Waals surface area contributed by atoms with Crippen LogP contribution in [0.1, 0.15) is 13.8 Å². The van der Waals surface area contributed by atoms with Gasteiger partial charge in [0.1, 0.15) is 12.0 Å². The number of hydrogen-bond donors (Lipinski definition) is 0. The molecule has 0 bridgehead atoms. The third-order valence-corrected chi connectivity index (χ3v) is 4.93. The van der Waals surface area contributed by atoms with Gasteiger partial charge in [0.25, 0.3) is 0 Å². The molecule has 0 amide bonds. The lowest BCUT2D eigenvalue weighted by Crippen LogP contribution is -2.32. The highest BCUT2D eigenvalue weighted by molar-refractivity contribution is 8.00. The normalized spacial score (nSPS) is 25.9. The van der Waals surface area contributed by atoms with Gasteiger partial charge in [-0.3, -0.25) is 4.79 Å². The van der Waals surface area contributed by atoms with Crippen molar-refractivity contribution in [3.8, 4) is 11.5 Å². The first-order chi connectivity index (χ1) is 9.16. The number of hydrogen-bond acceptors (Lipinski definition) is 4. The minimum absolute atomic E-state index is 0.278. The summed E-state index contributed by atoms with van der Waals surface area (Å²) in [6.45, 7) is 4.25. The maximum atomic E-state index is 10.6. The zero-order chi connectivity index (χ0) is 13.5. The molecule has 19 heavy (non-hydrogen) atoms. The zero-order valence-electron chi connectivity index (χ0n) is 10.7. The molecule has 0 fully saturated rings. The molecule has 2 aromatic heterocycles. The van der Waals surface area contributed by atoms with E-state index in [1.807, 2.05) is 24.4 Å². The Bertz CT molecular complexity index is 630. The minimum atomic E-state index is -0.278. The predicted octanol–water partition coefficient (Wildman–Crippen LogP) is 3.11. The van der Waals surface area contributed by atoms with E-state index in [0.29, 0.717) is 5.25 Å². The number of aromatic nitrogens is 2. The Balaban J connectivity index is 2.16. The van der Waals surface area contributed by atoms with Crippen LogP contribution >= 0.6 is 11.8 Å². The van der Waals surface area contributed by atoms with Gasteiger partial charge in [-0.05, 0) is 25.1 Å². The van der Waals surface area contributed by atoms with Crippen molar-refractivity contribution in [2.45, 2.75) is 29.8 Å². The molecule has 1 aliphatic rings. The van der Waals surface area contributed by atoms with Gasteiger partial charge in [0, 0.05) is 5.25 Å². The number of aldehydes is 1. The first-order valence-electron chi connectivity index (χ1n) is 6.08. The summed E-state index contributed by atoms with van der Waals surface area (Å²) >= 11 is 1.71. The Morgan fingerprint density at radius 3 is 3.11 bits per heavy atom. The van der Waals surface area contributed by atoms with Crippen molar-refractivity contribution in [3.63, 3.8) is 0 Å².